The van der Waals surface area contributed by atoms with E-state index in [1.807, 2.05) is 0 Å². The predicted molar refractivity (Wildman–Crippen MR) is 40.8 cm³/mol. The molecule has 0 aliphatic carbocycles. The Bertz CT molecular complexity index is 374. The highest BCUT2D eigenvalue weighted by atomic mass is 32.2. The fraction of sp³-hybridized carbons (Fsp3) is 0.600. The standard InChI is InChI=1S/C5H7NO7S/c1-2-3(4(7)8)6(5(9)10)14(11,12)13-2/h2-3H,1H3,(H,7,8)(H,9,10)/t2-,3+/m1/s1. The molecule has 0 spiro atoms. The largest absolute Gasteiger partial charge is 0.480 e. The molecule has 0 aromatic carbocycles. The summed E-state index contributed by atoms with van der Waals surface area (Å²) in [6.07, 6.45) is -3.10. The summed E-state index contributed by atoms with van der Waals surface area (Å²) in [6, 6.07) is -1.72. The van der Waals surface area contributed by atoms with E-state index in [9.17, 15) is 18.0 Å². The molecule has 1 heterocycles. The van der Waals surface area contributed by atoms with Crippen LogP contribution in [-0.2, 0) is 19.3 Å². The van der Waals surface area contributed by atoms with E-state index < -0.39 is 34.5 Å². The molecule has 0 bridgehead atoms. The van der Waals surface area contributed by atoms with Gasteiger partial charge in [0.05, 0.1) is 0 Å². The van der Waals surface area contributed by atoms with Crippen LogP contribution in [0.25, 0.3) is 0 Å². The lowest BCUT2D eigenvalue weighted by Gasteiger charge is -2.14. The fourth-order valence-electron chi connectivity index (χ4n) is 1.14. The van der Waals surface area contributed by atoms with E-state index in [0.717, 1.165) is 0 Å². The van der Waals surface area contributed by atoms with E-state index in [2.05, 4.69) is 4.18 Å². The van der Waals surface area contributed by atoms with Gasteiger partial charge in [-0.2, -0.15) is 12.7 Å². The first-order valence-corrected chi connectivity index (χ1v) is 4.82. The van der Waals surface area contributed by atoms with Gasteiger partial charge in [-0.3, -0.25) is 0 Å². The van der Waals surface area contributed by atoms with Gasteiger partial charge in [0, 0.05) is 0 Å². The highest BCUT2D eigenvalue weighted by molar-refractivity contribution is 7.85. The maximum atomic E-state index is 11.0. The molecule has 1 saturated heterocycles. The summed E-state index contributed by atoms with van der Waals surface area (Å²) in [5.74, 6) is -1.57. The van der Waals surface area contributed by atoms with Gasteiger partial charge in [0.15, 0.2) is 6.04 Å². The molecular weight excluding hydrogens is 218 g/mol. The maximum Gasteiger partial charge on any atom is 0.423 e. The number of aliphatic carboxylic acids is 1. The highest BCUT2D eigenvalue weighted by Crippen LogP contribution is 2.24. The van der Waals surface area contributed by atoms with Crippen molar-refractivity contribution in [3.63, 3.8) is 0 Å². The topological polar surface area (TPSA) is 121 Å². The van der Waals surface area contributed by atoms with Crippen LogP contribution < -0.4 is 0 Å². The fourth-order valence-corrected chi connectivity index (χ4v) is 2.45. The van der Waals surface area contributed by atoms with E-state index in [4.69, 9.17) is 10.2 Å². The molecule has 80 valence electrons. The van der Waals surface area contributed by atoms with Gasteiger partial charge in [-0.25, -0.2) is 13.8 Å². The third kappa shape index (κ3) is 1.51. The molecule has 0 unspecified atom stereocenters. The number of nitrogens with zero attached hydrogens (tertiary/aromatic N) is 1. The van der Waals surface area contributed by atoms with Crippen molar-refractivity contribution in [1.29, 1.82) is 0 Å². The van der Waals surface area contributed by atoms with Crippen LogP contribution in [-0.4, -0.2) is 47.1 Å². The molecule has 1 rings (SSSR count). The second kappa shape index (κ2) is 3.10. The van der Waals surface area contributed by atoms with E-state index in [1.165, 1.54) is 6.92 Å². The smallest absolute Gasteiger partial charge is 0.423 e. The van der Waals surface area contributed by atoms with Crippen LogP contribution in [0.3, 0.4) is 0 Å². The zero-order valence-electron chi connectivity index (χ0n) is 6.95. The van der Waals surface area contributed by atoms with Gasteiger partial charge in [-0.05, 0) is 6.92 Å². The zero-order chi connectivity index (χ0) is 11.1. The molecule has 1 amide bonds. The summed E-state index contributed by atoms with van der Waals surface area (Å²) in [7, 11) is -4.48. The minimum absolute atomic E-state index is 0.208. The van der Waals surface area contributed by atoms with Gasteiger partial charge >= 0.3 is 22.4 Å². The minimum Gasteiger partial charge on any atom is -0.480 e. The molecular formula is C5H7NO7S. The lowest BCUT2D eigenvalue weighted by atomic mass is 10.2. The Balaban J connectivity index is 3.18. The molecule has 9 heteroatoms. The van der Waals surface area contributed by atoms with Crippen LogP contribution in [0.4, 0.5) is 4.79 Å². The first-order valence-electron chi connectivity index (χ1n) is 3.45. The molecule has 1 fully saturated rings. The molecule has 1 aliphatic rings. The summed E-state index contributed by atoms with van der Waals surface area (Å²) in [4.78, 5) is 21.0. The summed E-state index contributed by atoms with van der Waals surface area (Å²) in [5, 5.41) is 17.1. The average molecular weight is 225 g/mol. The molecule has 0 saturated carbocycles. The molecule has 14 heavy (non-hydrogen) atoms. The molecule has 2 N–H and O–H groups in total. The molecule has 0 aromatic heterocycles. The zero-order valence-corrected chi connectivity index (χ0v) is 7.76. The van der Waals surface area contributed by atoms with Crippen LogP contribution in [0.5, 0.6) is 0 Å². The van der Waals surface area contributed by atoms with Crippen molar-refractivity contribution >= 4 is 22.4 Å². The van der Waals surface area contributed by atoms with Crippen molar-refractivity contribution in [2.24, 2.45) is 0 Å². The number of rotatable bonds is 1. The second-order valence-electron chi connectivity index (χ2n) is 2.62. The lowest BCUT2D eigenvalue weighted by Crippen LogP contribution is -2.45. The Morgan fingerprint density at radius 3 is 2.14 bits per heavy atom. The van der Waals surface area contributed by atoms with Crippen molar-refractivity contribution in [3.05, 3.63) is 0 Å². The first-order chi connectivity index (χ1) is 6.27. The Hall–Kier alpha value is -1.35. The van der Waals surface area contributed by atoms with E-state index >= 15 is 0 Å². The van der Waals surface area contributed by atoms with Crippen LogP contribution in [0.1, 0.15) is 6.92 Å². The first kappa shape index (κ1) is 10.7. The van der Waals surface area contributed by atoms with Gasteiger partial charge in [-0.1, -0.05) is 0 Å². The normalized spacial score (nSPS) is 30.2. The van der Waals surface area contributed by atoms with E-state index in [1.54, 1.807) is 0 Å². The average Bonchev–Trinajstić information content (AvgIpc) is 2.19. The highest BCUT2D eigenvalue weighted by Gasteiger charge is 2.51. The van der Waals surface area contributed by atoms with Gasteiger partial charge < -0.3 is 10.2 Å². The molecule has 0 radical (unpaired) electrons. The number of carbonyl (C=O) groups is 2. The second-order valence-corrected chi connectivity index (χ2v) is 4.06. The Labute approximate surface area is 78.9 Å². The molecule has 8 nitrogen and oxygen atoms in total. The van der Waals surface area contributed by atoms with Crippen molar-refractivity contribution in [3.8, 4) is 0 Å². The summed E-state index contributed by atoms with van der Waals surface area (Å²) < 4.78 is 26.0. The van der Waals surface area contributed by atoms with Crippen LogP contribution in [0, 0.1) is 0 Å². The number of carboxylic acid groups (broad SMARTS) is 2. The third-order valence-electron chi connectivity index (χ3n) is 1.65. The van der Waals surface area contributed by atoms with E-state index in [0.29, 0.717) is 0 Å². The number of hydrogen-bond acceptors (Lipinski definition) is 5. The maximum absolute atomic E-state index is 11.0. The summed E-state index contributed by atoms with van der Waals surface area (Å²) >= 11 is 0. The monoisotopic (exact) mass is 225 g/mol. The van der Waals surface area contributed by atoms with Gasteiger partial charge in [-0.15, -0.1) is 0 Å². The van der Waals surface area contributed by atoms with Crippen molar-refractivity contribution < 1.29 is 32.4 Å². The van der Waals surface area contributed by atoms with Crippen LogP contribution in [0.15, 0.2) is 0 Å². The summed E-state index contributed by atoms with van der Waals surface area (Å²) in [6.45, 7) is 1.17. The summed E-state index contributed by atoms with van der Waals surface area (Å²) in [5.41, 5.74) is 0. The van der Waals surface area contributed by atoms with Gasteiger partial charge in [0.25, 0.3) is 0 Å². The molecule has 1 aliphatic heterocycles. The van der Waals surface area contributed by atoms with Crippen LogP contribution in [0.2, 0.25) is 0 Å². The van der Waals surface area contributed by atoms with Gasteiger partial charge in [0.2, 0.25) is 0 Å². The molecule has 0 aromatic rings. The third-order valence-corrected chi connectivity index (χ3v) is 3.06. The van der Waals surface area contributed by atoms with E-state index in [-0.39, 0.29) is 4.31 Å². The minimum atomic E-state index is -4.48. The lowest BCUT2D eigenvalue weighted by molar-refractivity contribution is -0.142. The quantitative estimate of drug-likeness (QED) is 0.591. The SMILES string of the molecule is C[C@H]1OS(=O)(=O)N(C(=O)O)[C@@H]1C(=O)O. The van der Waals surface area contributed by atoms with Crippen molar-refractivity contribution in [2.45, 2.75) is 19.1 Å². The predicted octanol–water partition coefficient (Wildman–Crippen LogP) is -0.917. The number of carboxylic acids is 1. The van der Waals surface area contributed by atoms with Crippen LogP contribution >= 0.6 is 0 Å². The van der Waals surface area contributed by atoms with Crippen molar-refractivity contribution in [2.75, 3.05) is 0 Å². The van der Waals surface area contributed by atoms with Gasteiger partial charge in [0.1, 0.15) is 6.10 Å². The molecule has 2 atom stereocenters. The Kier molecular flexibility index (Phi) is 2.37. The Morgan fingerprint density at radius 1 is 1.36 bits per heavy atom. The number of amides is 1. The Morgan fingerprint density at radius 2 is 1.86 bits per heavy atom. The number of hydrogen-bond donors (Lipinski definition) is 2. The van der Waals surface area contributed by atoms with Crippen molar-refractivity contribution in [1.82, 2.24) is 4.31 Å².